The van der Waals surface area contributed by atoms with E-state index in [0.717, 1.165) is 59.1 Å². The zero-order chi connectivity index (χ0) is 21.6. The van der Waals surface area contributed by atoms with Crippen molar-refractivity contribution in [2.45, 2.75) is 32.6 Å². The Morgan fingerprint density at radius 2 is 2.03 bits per heavy atom. The molecule has 1 aliphatic rings. The number of nitrogens with zero attached hydrogens (tertiary/aromatic N) is 2. The minimum atomic E-state index is -0.0202. The van der Waals surface area contributed by atoms with E-state index in [1.807, 2.05) is 47.4 Å². The second-order valence-corrected chi connectivity index (χ2v) is 8.78. The number of thiazole rings is 1. The lowest BCUT2D eigenvalue weighted by molar-refractivity contribution is -0.121. The topological polar surface area (TPSA) is 51.7 Å². The molecule has 5 nitrogen and oxygen atoms in total. The first-order chi connectivity index (χ1) is 15.1. The molecule has 2 aromatic carbocycles. The van der Waals surface area contributed by atoms with Crippen LogP contribution in [0.4, 0.5) is 5.69 Å². The quantitative estimate of drug-likeness (QED) is 0.370. The Morgan fingerprint density at radius 1 is 1.19 bits per heavy atom. The predicted octanol–water partition coefficient (Wildman–Crippen LogP) is 6.00. The zero-order valence-electron chi connectivity index (χ0n) is 17.5. The van der Waals surface area contributed by atoms with Crippen LogP contribution in [0.25, 0.3) is 11.3 Å². The lowest BCUT2D eigenvalue weighted by atomic mass is 10.1. The van der Waals surface area contributed by atoms with Gasteiger partial charge in [-0.3, -0.25) is 4.79 Å². The van der Waals surface area contributed by atoms with E-state index in [4.69, 9.17) is 26.1 Å². The molecule has 162 valence electrons. The largest absolute Gasteiger partial charge is 0.494 e. The van der Waals surface area contributed by atoms with Crippen molar-refractivity contribution in [1.29, 1.82) is 0 Å². The number of carbonyl (C=O) groups excluding carboxylic acids is 1. The monoisotopic (exact) mass is 456 g/mol. The van der Waals surface area contributed by atoms with Crippen LogP contribution < -0.4 is 14.4 Å². The highest BCUT2D eigenvalue weighted by molar-refractivity contribution is 7.09. The van der Waals surface area contributed by atoms with Gasteiger partial charge in [-0.1, -0.05) is 18.5 Å². The molecule has 0 spiro atoms. The van der Waals surface area contributed by atoms with Gasteiger partial charge in [0.25, 0.3) is 5.91 Å². The van der Waals surface area contributed by atoms with Crippen LogP contribution in [0.5, 0.6) is 11.5 Å². The highest BCUT2D eigenvalue weighted by atomic mass is 35.5. The SMILES string of the molecule is CCCc1nc(-c2ccc3c(c2)N(CCCCOc2ccc(Cl)cc2)C(=O)CO3)cs1. The molecule has 31 heavy (non-hydrogen) atoms. The van der Waals surface area contributed by atoms with Crippen LogP contribution in [0.2, 0.25) is 5.02 Å². The number of halogens is 1. The summed E-state index contributed by atoms with van der Waals surface area (Å²) in [4.78, 5) is 19.1. The summed E-state index contributed by atoms with van der Waals surface area (Å²) >= 11 is 7.58. The number of benzene rings is 2. The van der Waals surface area contributed by atoms with Crippen molar-refractivity contribution in [2.24, 2.45) is 0 Å². The van der Waals surface area contributed by atoms with E-state index in [-0.39, 0.29) is 12.5 Å². The highest BCUT2D eigenvalue weighted by Gasteiger charge is 2.25. The van der Waals surface area contributed by atoms with Crippen LogP contribution in [0.15, 0.2) is 47.8 Å². The number of carbonyl (C=O) groups is 1. The fraction of sp³-hybridized carbons (Fsp3) is 0.333. The second kappa shape index (κ2) is 10.2. The number of fused-ring (bicyclic) bond motifs is 1. The van der Waals surface area contributed by atoms with Crippen molar-refractivity contribution < 1.29 is 14.3 Å². The van der Waals surface area contributed by atoms with Crippen LogP contribution in [0.3, 0.4) is 0 Å². The molecule has 0 radical (unpaired) electrons. The summed E-state index contributed by atoms with van der Waals surface area (Å²) in [6.45, 7) is 3.44. The fourth-order valence-electron chi connectivity index (χ4n) is 3.47. The minimum absolute atomic E-state index is 0.0202. The standard InChI is InChI=1S/C24H25ClN2O3S/c1-2-5-23-26-20(16-31-23)17-6-11-22-21(14-17)27(24(28)15-30-22)12-3-4-13-29-19-9-7-18(25)8-10-19/h6-11,14,16H,2-5,12-13,15H2,1H3. The van der Waals surface area contributed by atoms with Crippen molar-refractivity contribution in [3.05, 3.63) is 57.9 Å². The summed E-state index contributed by atoms with van der Waals surface area (Å²) in [6, 6.07) is 13.3. The van der Waals surface area contributed by atoms with Gasteiger partial charge in [0, 0.05) is 22.5 Å². The molecule has 3 aromatic rings. The van der Waals surface area contributed by atoms with E-state index < -0.39 is 0 Å². The molecular formula is C24H25ClN2O3S. The van der Waals surface area contributed by atoms with Gasteiger partial charge in [0.2, 0.25) is 0 Å². The second-order valence-electron chi connectivity index (χ2n) is 7.40. The third-order valence-corrected chi connectivity index (χ3v) is 6.23. The van der Waals surface area contributed by atoms with Crippen molar-refractivity contribution in [3.63, 3.8) is 0 Å². The van der Waals surface area contributed by atoms with Gasteiger partial charge in [-0.25, -0.2) is 4.98 Å². The summed E-state index contributed by atoms with van der Waals surface area (Å²) < 4.78 is 11.4. The summed E-state index contributed by atoms with van der Waals surface area (Å²) in [6.07, 6.45) is 3.74. The molecule has 7 heteroatoms. The number of hydrogen-bond acceptors (Lipinski definition) is 5. The van der Waals surface area contributed by atoms with Gasteiger partial charge in [0.1, 0.15) is 11.5 Å². The van der Waals surface area contributed by atoms with Crippen molar-refractivity contribution >= 4 is 34.5 Å². The van der Waals surface area contributed by atoms with Crippen LogP contribution in [0.1, 0.15) is 31.2 Å². The Morgan fingerprint density at radius 3 is 2.84 bits per heavy atom. The number of hydrogen-bond donors (Lipinski definition) is 0. The summed E-state index contributed by atoms with van der Waals surface area (Å²) in [5.41, 5.74) is 2.77. The number of aryl methyl sites for hydroxylation is 1. The smallest absolute Gasteiger partial charge is 0.265 e. The molecule has 2 heterocycles. The average Bonchev–Trinajstić information content (AvgIpc) is 3.25. The Hall–Kier alpha value is -2.57. The summed E-state index contributed by atoms with van der Waals surface area (Å²) in [7, 11) is 0. The maximum absolute atomic E-state index is 12.6. The molecule has 0 saturated heterocycles. The summed E-state index contributed by atoms with van der Waals surface area (Å²) in [5.74, 6) is 1.52. The Balaban J connectivity index is 1.39. The van der Waals surface area contributed by atoms with Crippen molar-refractivity contribution in [3.8, 4) is 22.8 Å². The van der Waals surface area contributed by atoms with E-state index in [9.17, 15) is 4.79 Å². The maximum atomic E-state index is 12.6. The molecule has 0 fully saturated rings. The lowest BCUT2D eigenvalue weighted by Gasteiger charge is -2.29. The predicted molar refractivity (Wildman–Crippen MR) is 126 cm³/mol. The third-order valence-electron chi connectivity index (χ3n) is 5.07. The number of aromatic nitrogens is 1. The van der Waals surface area contributed by atoms with Crippen LogP contribution in [-0.4, -0.2) is 30.6 Å². The van der Waals surface area contributed by atoms with Crippen LogP contribution in [0, 0.1) is 0 Å². The molecule has 1 aliphatic heterocycles. The first kappa shape index (κ1) is 21.7. The van der Waals surface area contributed by atoms with Crippen molar-refractivity contribution in [2.75, 3.05) is 24.7 Å². The molecule has 0 aliphatic carbocycles. The molecule has 0 atom stereocenters. The highest BCUT2D eigenvalue weighted by Crippen LogP contribution is 2.36. The number of rotatable bonds is 9. The van der Waals surface area contributed by atoms with E-state index >= 15 is 0 Å². The van der Waals surface area contributed by atoms with Gasteiger partial charge in [-0.2, -0.15) is 0 Å². The first-order valence-corrected chi connectivity index (χ1v) is 11.8. The van der Waals surface area contributed by atoms with E-state index in [0.29, 0.717) is 18.2 Å². The molecule has 0 N–H and O–H groups in total. The Kier molecular flexibility index (Phi) is 7.10. The number of amides is 1. The number of unbranched alkanes of at least 4 members (excludes halogenated alkanes) is 1. The molecule has 0 bridgehead atoms. The molecule has 1 aromatic heterocycles. The average molecular weight is 457 g/mol. The zero-order valence-corrected chi connectivity index (χ0v) is 19.0. The normalized spacial score (nSPS) is 13.1. The van der Waals surface area contributed by atoms with Gasteiger partial charge in [0.05, 0.1) is 23.0 Å². The first-order valence-electron chi connectivity index (χ1n) is 10.5. The fourth-order valence-corrected chi connectivity index (χ4v) is 4.51. The maximum Gasteiger partial charge on any atom is 0.265 e. The molecule has 0 saturated carbocycles. The minimum Gasteiger partial charge on any atom is -0.494 e. The van der Waals surface area contributed by atoms with E-state index in [1.165, 1.54) is 0 Å². The number of ether oxygens (including phenoxy) is 2. The van der Waals surface area contributed by atoms with Crippen molar-refractivity contribution in [1.82, 2.24) is 4.98 Å². The van der Waals surface area contributed by atoms with Gasteiger partial charge in [0.15, 0.2) is 6.61 Å². The molecule has 1 amide bonds. The van der Waals surface area contributed by atoms with E-state index in [1.54, 1.807) is 11.3 Å². The van der Waals surface area contributed by atoms with Gasteiger partial charge < -0.3 is 14.4 Å². The van der Waals surface area contributed by atoms with Crippen LogP contribution in [-0.2, 0) is 11.2 Å². The van der Waals surface area contributed by atoms with E-state index in [2.05, 4.69) is 12.3 Å². The Bertz CT molecular complexity index is 1040. The molecule has 0 unspecified atom stereocenters. The van der Waals surface area contributed by atoms with Gasteiger partial charge in [-0.15, -0.1) is 11.3 Å². The number of anilines is 1. The van der Waals surface area contributed by atoms with Gasteiger partial charge in [-0.05, 0) is 68.1 Å². The van der Waals surface area contributed by atoms with Crippen LogP contribution >= 0.6 is 22.9 Å². The lowest BCUT2D eigenvalue weighted by Crippen LogP contribution is -2.39. The molecule has 4 rings (SSSR count). The third kappa shape index (κ3) is 5.38. The molecular weight excluding hydrogens is 432 g/mol. The van der Waals surface area contributed by atoms with Gasteiger partial charge >= 0.3 is 0 Å². The Labute approximate surface area is 191 Å². The summed E-state index contributed by atoms with van der Waals surface area (Å²) in [5, 5.41) is 3.91.